The molecule has 11 nitrogen and oxygen atoms in total. The van der Waals surface area contributed by atoms with E-state index < -0.39 is 11.2 Å². The maximum Gasteiger partial charge on any atom is 0.177 e. The maximum atomic E-state index is 13.9. The second-order valence-corrected chi connectivity index (χ2v) is 9.91. The molecule has 0 bridgehead atoms. The number of rotatable bonds is 6. The minimum atomic E-state index is -0.445. The van der Waals surface area contributed by atoms with Crippen molar-refractivity contribution in [3.05, 3.63) is 46.8 Å². The quantitative estimate of drug-likeness (QED) is 0.180. The number of hydrogen-bond donors (Lipinski definition) is 5. The van der Waals surface area contributed by atoms with Gasteiger partial charge in [0, 0.05) is 43.4 Å². The largest absolute Gasteiger partial charge is 0.390 e. The van der Waals surface area contributed by atoms with Crippen molar-refractivity contribution in [2.24, 2.45) is 5.41 Å². The molecule has 38 heavy (non-hydrogen) atoms. The van der Waals surface area contributed by atoms with E-state index in [-0.39, 0.29) is 6.61 Å². The summed E-state index contributed by atoms with van der Waals surface area (Å²) >= 11 is 6.52. The molecule has 0 saturated carbocycles. The van der Waals surface area contributed by atoms with Gasteiger partial charge in [0.2, 0.25) is 0 Å². The fourth-order valence-electron chi connectivity index (χ4n) is 4.55. The summed E-state index contributed by atoms with van der Waals surface area (Å²) in [6, 6.07) is 3.10. The summed E-state index contributed by atoms with van der Waals surface area (Å²) in [4.78, 5) is 19.7. The summed E-state index contributed by atoms with van der Waals surface area (Å²) in [7, 11) is 1.73. The van der Waals surface area contributed by atoms with E-state index in [1.165, 1.54) is 12.3 Å². The maximum absolute atomic E-state index is 13.9. The Bertz CT molecular complexity index is 1520. The number of pyridine rings is 2. The Morgan fingerprint density at radius 3 is 2.74 bits per heavy atom. The number of aryl methyl sites for hydroxylation is 1. The molecule has 0 unspecified atom stereocenters. The Labute approximate surface area is 223 Å². The van der Waals surface area contributed by atoms with Gasteiger partial charge in [0.1, 0.15) is 34.4 Å². The Morgan fingerprint density at radius 2 is 2.05 bits per heavy atom. The molecule has 0 aromatic carbocycles. The van der Waals surface area contributed by atoms with Crippen LogP contribution in [0.25, 0.3) is 22.4 Å². The van der Waals surface area contributed by atoms with E-state index in [1.54, 1.807) is 26.2 Å². The molecule has 13 heteroatoms. The van der Waals surface area contributed by atoms with Crippen molar-refractivity contribution >= 4 is 45.9 Å². The van der Waals surface area contributed by atoms with E-state index in [4.69, 9.17) is 27.0 Å². The molecule has 0 spiro atoms. The summed E-state index contributed by atoms with van der Waals surface area (Å²) in [6.45, 7) is 4.50. The molecule has 1 fully saturated rings. The van der Waals surface area contributed by atoms with E-state index in [0.717, 1.165) is 0 Å². The van der Waals surface area contributed by atoms with Crippen LogP contribution in [0.3, 0.4) is 0 Å². The van der Waals surface area contributed by atoms with Crippen molar-refractivity contribution in [2.75, 3.05) is 35.7 Å². The Hall–Kier alpha value is -3.90. The van der Waals surface area contributed by atoms with Crippen LogP contribution in [0.15, 0.2) is 24.5 Å². The molecule has 5 heterocycles. The third kappa shape index (κ3) is 4.61. The number of aliphatic hydroxyl groups excluding tert-OH is 1. The van der Waals surface area contributed by atoms with Crippen LogP contribution in [0.2, 0.25) is 5.02 Å². The van der Waals surface area contributed by atoms with Gasteiger partial charge in [-0.05, 0) is 25.8 Å². The third-order valence-corrected chi connectivity index (χ3v) is 7.42. The lowest BCUT2D eigenvalue weighted by molar-refractivity contribution is 0.276. The zero-order valence-corrected chi connectivity index (χ0v) is 22.0. The summed E-state index contributed by atoms with van der Waals surface area (Å²) in [5.41, 5.74) is 2.89. The Morgan fingerprint density at radius 1 is 1.29 bits per heavy atom. The van der Waals surface area contributed by atoms with E-state index >= 15 is 0 Å². The van der Waals surface area contributed by atoms with Crippen LogP contribution in [-0.4, -0.2) is 61.2 Å². The van der Waals surface area contributed by atoms with Gasteiger partial charge in [-0.15, -0.1) is 0 Å². The highest BCUT2D eigenvalue weighted by atomic mass is 35.5. The van der Waals surface area contributed by atoms with Gasteiger partial charge in [0.05, 0.1) is 29.2 Å². The van der Waals surface area contributed by atoms with E-state index in [9.17, 15) is 9.50 Å². The normalized spacial score (nSPS) is 15.1. The number of nitrogens with zero attached hydrogens (tertiary/aromatic N) is 6. The smallest absolute Gasteiger partial charge is 0.177 e. The number of aliphatic hydroxyl groups is 1. The van der Waals surface area contributed by atoms with Gasteiger partial charge in [-0.2, -0.15) is 5.10 Å². The number of aromatic amines is 1. The molecule has 1 saturated heterocycles. The third-order valence-electron chi connectivity index (χ3n) is 7.04. The van der Waals surface area contributed by atoms with Gasteiger partial charge in [0.15, 0.2) is 11.5 Å². The monoisotopic (exact) mass is 538 g/mol. The van der Waals surface area contributed by atoms with Gasteiger partial charge >= 0.3 is 0 Å². The van der Waals surface area contributed by atoms with E-state index in [2.05, 4.69) is 35.7 Å². The van der Waals surface area contributed by atoms with Crippen molar-refractivity contribution in [2.45, 2.75) is 33.3 Å². The predicted octanol–water partition coefficient (Wildman–Crippen LogP) is 4.14. The lowest BCUT2D eigenvalue weighted by atomic mass is 9.79. The highest BCUT2D eigenvalue weighted by Crippen LogP contribution is 2.37. The van der Waals surface area contributed by atoms with Crippen molar-refractivity contribution in [3.8, 4) is 11.3 Å². The highest BCUT2D eigenvalue weighted by molar-refractivity contribution is 6.35. The summed E-state index contributed by atoms with van der Waals surface area (Å²) < 4.78 is 13.9. The van der Waals surface area contributed by atoms with Crippen LogP contribution in [0.1, 0.15) is 31.2 Å². The topological polar surface area (TPSA) is 152 Å². The molecule has 0 aliphatic carbocycles. The van der Waals surface area contributed by atoms with E-state index in [0.29, 0.717) is 87.9 Å². The summed E-state index contributed by atoms with van der Waals surface area (Å²) in [5.74, 6) is 0.981. The molecule has 1 aliphatic rings. The van der Waals surface area contributed by atoms with Gasteiger partial charge in [-0.1, -0.05) is 18.5 Å². The molecule has 5 rings (SSSR count). The number of fused-ring (bicyclic) bond motifs is 1. The number of piperidine rings is 1. The molecule has 0 atom stereocenters. The van der Waals surface area contributed by atoms with Crippen LogP contribution in [0, 0.1) is 23.6 Å². The van der Waals surface area contributed by atoms with Crippen molar-refractivity contribution < 1.29 is 9.50 Å². The SMILES string of the molecule is CNc1nccc(-c2n[nH]c3nc(N4CCC(C)(C(=N)Nc5cnc(C)c(F)c5)CC4)c(CO)nc23)c1Cl. The number of aromatic nitrogens is 6. The van der Waals surface area contributed by atoms with E-state index in [1.807, 2.05) is 6.92 Å². The van der Waals surface area contributed by atoms with Gasteiger partial charge in [0.25, 0.3) is 0 Å². The number of nitrogens with one attached hydrogen (secondary N) is 4. The Kier molecular flexibility index (Phi) is 6.84. The van der Waals surface area contributed by atoms with Crippen molar-refractivity contribution in [1.82, 2.24) is 30.1 Å². The lowest BCUT2D eigenvalue weighted by Gasteiger charge is -2.40. The molecule has 1 aliphatic heterocycles. The van der Waals surface area contributed by atoms with Crippen molar-refractivity contribution in [3.63, 3.8) is 0 Å². The highest BCUT2D eigenvalue weighted by Gasteiger charge is 2.36. The summed E-state index contributed by atoms with van der Waals surface area (Å²) in [6.07, 6.45) is 4.46. The van der Waals surface area contributed by atoms with Gasteiger partial charge in [-0.3, -0.25) is 15.5 Å². The molecule has 4 aromatic rings. The van der Waals surface area contributed by atoms with Crippen LogP contribution >= 0.6 is 11.6 Å². The first-order valence-electron chi connectivity index (χ1n) is 12.2. The number of anilines is 3. The first-order chi connectivity index (χ1) is 18.2. The first kappa shape index (κ1) is 25.7. The van der Waals surface area contributed by atoms with Crippen LogP contribution in [-0.2, 0) is 6.61 Å². The second kappa shape index (κ2) is 10.1. The number of halogens is 2. The molecule has 0 amide bonds. The first-order valence-corrected chi connectivity index (χ1v) is 12.5. The van der Waals surface area contributed by atoms with Crippen LogP contribution < -0.4 is 15.5 Å². The number of hydrogen-bond acceptors (Lipinski definition) is 9. The molecule has 0 radical (unpaired) electrons. The lowest BCUT2D eigenvalue weighted by Crippen LogP contribution is -2.45. The average Bonchev–Trinajstić information content (AvgIpc) is 3.33. The van der Waals surface area contributed by atoms with Crippen LogP contribution in [0.5, 0.6) is 0 Å². The fourth-order valence-corrected chi connectivity index (χ4v) is 4.84. The molecule has 198 valence electrons. The molecular formula is C25H28ClFN10O. The second-order valence-electron chi connectivity index (χ2n) is 9.53. The molecule has 5 N–H and O–H groups in total. The summed E-state index contributed by atoms with van der Waals surface area (Å²) in [5, 5.41) is 32.5. The zero-order valence-electron chi connectivity index (χ0n) is 21.2. The molecule has 4 aromatic heterocycles. The average molecular weight is 539 g/mol. The number of amidine groups is 1. The minimum absolute atomic E-state index is 0.300. The number of H-pyrrole nitrogens is 1. The minimum Gasteiger partial charge on any atom is -0.390 e. The molecular weight excluding hydrogens is 511 g/mol. The standard InChI is InChI=1S/C25H28ClFN10O/c1-13-16(27)10-14(11-31-13)32-24(28)25(2)5-8-37(9-6-25)23-17(12-38)33-20-19(35-36-22(20)34-23)15-4-7-30-21(29-3)18(15)26/h4,7,10-11,38H,5-6,8-9,12H2,1-3H3,(H2,28,32)(H,29,30)(H,34,35,36). The fraction of sp³-hybridized carbons (Fsp3) is 0.360. The predicted molar refractivity (Wildman–Crippen MR) is 145 cm³/mol. The van der Waals surface area contributed by atoms with Gasteiger partial charge in [-0.25, -0.2) is 19.3 Å². The van der Waals surface area contributed by atoms with Crippen LogP contribution in [0.4, 0.5) is 21.7 Å². The van der Waals surface area contributed by atoms with Crippen molar-refractivity contribution in [1.29, 1.82) is 5.41 Å². The van der Waals surface area contributed by atoms with Gasteiger partial charge < -0.3 is 20.6 Å². The zero-order chi connectivity index (χ0) is 27.0. The Balaban J connectivity index is 1.37.